The molecule has 0 saturated carbocycles. The first kappa shape index (κ1) is 26.4. The van der Waals surface area contributed by atoms with Crippen molar-refractivity contribution >= 4 is 33.4 Å². The number of non-ortho nitro benzene ring substituents is 1. The number of carboxylic acid groups (broad SMARTS) is 1. The smallest absolute Gasteiger partial charge is 0.322 e. The summed E-state index contributed by atoms with van der Waals surface area (Å²) in [5.74, 6) is -0.415. The fraction of sp³-hybridized carbons (Fsp3) is 0.650. The second kappa shape index (κ2) is 14.4. The number of sulfonamides is 1. The van der Waals surface area contributed by atoms with E-state index in [1.165, 1.54) is 68.5 Å². The Morgan fingerprint density at radius 1 is 1.13 bits per heavy atom. The van der Waals surface area contributed by atoms with Crippen molar-refractivity contribution in [1.82, 2.24) is 4.72 Å². The van der Waals surface area contributed by atoms with Gasteiger partial charge in [0.25, 0.3) is 5.69 Å². The van der Waals surface area contributed by atoms with Crippen LogP contribution in [0.5, 0.6) is 0 Å². The number of thioether (sulfide) groups is 1. The molecule has 1 atom stereocenters. The van der Waals surface area contributed by atoms with E-state index in [0.717, 1.165) is 31.1 Å². The molecule has 0 radical (unpaired) electrons. The van der Waals surface area contributed by atoms with E-state index in [2.05, 4.69) is 11.6 Å². The Morgan fingerprint density at radius 2 is 1.73 bits per heavy atom. The van der Waals surface area contributed by atoms with Gasteiger partial charge >= 0.3 is 5.97 Å². The van der Waals surface area contributed by atoms with Crippen molar-refractivity contribution in [1.29, 1.82) is 0 Å². The second-order valence-electron chi connectivity index (χ2n) is 7.17. The first-order valence-electron chi connectivity index (χ1n) is 10.3. The molecule has 0 amide bonds. The van der Waals surface area contributed by atoms with Crippen LogP contribution < -0.4 is 4.72 Å². The molecule has 8 nitrogen and oxygen atoms in total. The number of hydrogen-bond acceptors (Lipinski definition) is 6. The highest BCUT2D eigenvalue weighted by Gasteiger charge is 2.26. The maximum absolute atomic E-state index is 12.4. The van der Waals surface area contributed by atoms with Crippen LogP contribution in [0.15, 0.2) is 29.2 Å². The molecule has 0 bridgehead atoms. The Balaban J connectivity index is 2.38. The van der Waals surface area contributed by atoms with Gasteiger partial charge in [-0.1, -0.05) is 64.4 Å². The summed E-state index contributed by atoms with van der Waals surface area (Å²) < 4.78 is 27.0. The number of nitro benzene ring substituents is 1. The van der Waals surface area contributed by atoms with E-state index in [1.54, 1.807) is 0 Å². The van der Waals surface area contributed by atoms with Gasteiger partial charge in [-0.25, -0.2) is 8.42 Å². The van der Waals surface area contributed by atoms with Crippen molar-refractivity contribution in [3.05, 3.63) is 34.4 Å². The minimum atomic E-state index is -4.17. The largest absolute Gasteiger partial charge is 0.480 e. The lowest BCUT2D eigenvalue weighted by atomic mass is 10.1. The average molecular weight is 461 g/mol. The van der Waals surface area contributed by atoms with Crippen molar-refractivity contribution in [2.75, 3.05) is 11.5 Å². The van der Waals surface area contributed by atoms with E-state index in [9.17, 15) is 28.4 Å². The third kappa shape index (κ3) is 10.4. The van der Waals surface area contributed by atoms with Gasteiger partial charge in [-0.2, -0.15) is 16.5 Å². The Bertz CT molecular complexity index is 770. The molecule has 0 heterocycles. The van der Waals surface area contributed by atoms with Crippen molar-refractivity contribution in [3.63, 3.8) is 0 Å². The Kier molecular flexibility index (Phi) is 12.6. The Morgan fingerprint density at radius 3 is 2.30 bits per heavy atom. The van der Waals surface area contributed by atoms with Gasteiger partial charge in [0.2, 0.25) is 10.0 Å². The zero-order valence-corrected chi connectivity index (χ0v) is 19.1. The van der Waals surface area contributed by atoms with Gasteiger partial charge in [-0.15, -0.1) is 0 Å². The summed E-state index contributed by atoms with van der Waals surface area (Å²) in [5.41, 5.74) is -0.371. The maximum atomic E-state index is 12.4. The normalized spacial score (nSPS) is 12.6. The molecular weight excluding hydrogens is 428 g/mol. The number of nitrogens with one attached hydrogen (secondary N) is 1. The molecule has 170 valence electrons. The Hall–Kier alpha value is -1.65. The molecule has 0 aliphatic rings. The van der Waals surface area contributed by atoms with Gasteiger partial charge in [0.1, 0.15) is 6.04 Å². The maximum Gasteiger partial charge on any atom is 0.322 e. The number of unbranched alkanes of at least 4 members (excludes halogenated alkanes) is 8. The lowest BCUT2D eigenvalue weighted by Crippen LogP contribution is -2.42. The number of carboxylic acids is 1. The van der Waals surface area contributed by atoms with E-state index in [-0.39, 0.29) is 16.3 Å². The molecule has 2 N–H and O–H groups in total. The third-order valence-electron chi connectivity index (χ3n) is 4.61. The lowest BCUT2D eigenvalue weighted by Gasteiger charge is -2.14. The number of carbonyl (C=O) groups is 1. The second-order valence-corrected chi connectivity index (χ2v) is 10.0. The summed E-state index contributed by atoms with van der Waals surface area (Å²) >= 11 is 1.39. The molecule has 0 aliphatic carbocycles. The van der Waals surface area contributed by atoms with Crippen molar-refractivity contribution in [2.45, 2.75) is 75.6 Å². The molecular formula is C20H32N2O6S2. The number of nitrogens with zero attached hydrogens (tertiary/aromatic N) is 1. The van der Waals surface area contributed by atoms with Gasteiger partial charge in [-0.3, -0.25) is 14.9 Å². The minimum Gasteiger partial charge on any atom is -0.480 e. The molecule has 0 saturated heterocycles. The van der Waals surface area contributed by atoms with E-state index in [4.69, 9.17) is 0 Å². The molecule has 0 aromatic heterocycles. The first-order valence-corrected chi connectivity index (χ1v) is 13.0. The van der Waals surface area contributed by atoms with Crippen LogP contribution >= 0.6 is 11.8 Å². The van der Waals surface area contributed by atoms with Gasteiger partial charge in [0.15, 0.2) is 0 Å². The summed E-state index contributed by atoms with van der Waals surface area (Å²) in [7, 11) is -4.17. The highest BCUT2D eigenvalue weighted by atomic mass is 32.2. The predicted octanol–water partition coefficient (Wildman–Crippen LogP) is 4.59. The molecule has 0 aliphatic heterocycles. The van der Waals surface area contributed by atoms with E-state index in [0.29, 0.717) is 0 Å². The number of aliphatic carboxylic acids is 1. The quantitative estimate of drug-likeness (QED) is 0.198. The third-order valence-corrected chi connectivity index (χ3v) is 7.23. The molecule has 1 aromatic rings. The average Bonchev–Trinajstić information content (AvgIpc) is 2.71. The molecule has 10 heteroatoms. The lowest BCUT2D eigenvalue weighted by molar-refractivity contribution is -0.385. The SMILES string of the molecule is CCCCCCCCCCCSC[C@H](NS(=O)(=O)c1cccc([N+](=O)[O-])c1)C(=O)O. The highest BCUT2D eigenvalue weighted by molar-refractivity contribution is 7.99. The highest BCUT2D eigenvalue weighted by Crippen LogP contribution is 2.18. The van der Waals surface area contributed by atoms with Crippen LogP contribution in [0, 0.1) is 10.1 Å². The summed E-state index contributed by atoms with van der Waals surface area (Å²) in [6.45, 7) is 2.20. The van der Waals surface area contributed by atoms with Gasteiger partial charge in [0.05, 0.1) is 9.82 Å². The summed E-state index contributed by atoms with van der Waals surface area (Å²) in [5, 5.41) is 20.2. The van der Waals surface area contributed by atoms with Gasteiger partial charge < -0.3 is 5.11 Å². The van der Waals surface area contributed by atoms with E-state index in [1.807, 2.05) is 0 Å². The van der Waals surface area contributed by atoms with Gasteiger partial charge in [-0.05, 0) is 18.2 Å². The Labute approximate surface area is 183 Å². The van der Waals surface area contributed by atoms with Crippen LogP contribution in [0.25, 0.3) is 0 Å². The van der Waals surface area contributed by atoms with E-state index >= 15 is 0 Å². The van der Waals surface area contributed by atoms with Crippen molar-refractivity contribution < 1.29 is 23.2 Å². The standard InChI is InChI=1S/C20H32N2O6S2/c1-2-3-4-5-6-7-8-9-10-14-29-16-19(20(23)24)21-30(27,28)18-13-11-12-17(15-18)22(25)26/h11-13,15,19,21H,2-10,14,16H2,1H3,(H,23,24)/t19-/m0/s1. The van der Waals surface area contributed by atoms with Crippen LogP contribution in [-0.2, 0) is 14.8 Å². The molecule has 0 unspecified atom stereocenters. The van der Waals surface area contributed by atoms with Crippen LogP contribution in [0.4, 0.5) is 5.69 Å². The number of nitro groups is 1. The molecule has 30 heavy (non-hydrogen) atoms. The molecule has 0 fully saturated rings. The molecule has 1 rings (SSSR count). The summed E-state index contributed by atoms with van der Waals surface area (Å²) in [6.07, 6.45) is 10.8. The van der Waals surface area contributed by atoms with Gasteiger partial charge in [0, 0.05) is 17.9 Å². The number of benzene rings is 1. The first-order chi connectivity index (χ1) is 14.3. The van der Waals surface area contributed by atoms with Crippen LogP contribution in [-0.4, -0.2) is 42.0 Å². The molecule has 1 aromatic carbocycles. The van der Waals surface area contributed by atoms with Crippen molar-refractivity contribution in [2.24, 2.45) is 0 Å². The minimum absolute atomic E-state index is 0.0977. The number of hydrogen-bond donors (Lipinski definition) is 2. The van der Waals surface area contributed by atoms with E-state index < -0.39 is 27.0 Å². The molecule has 0 spiro atoms. The monoisotopic (exact) mass is 460 g/mol. The fourth-order valence-corrected chi connectivity index (χ4v) is 5.26. The fourth-order valence-electron chi connectivity index (χ4n) is 2.89. The summed E-state index contributed by atoms with van der Waals surface area (Å²) in [4.78, 5) is 21.3. The number of rotatable bonds is 17. The predicted molar refractivity (Wildman–Crippen MR) is 119 cm³/mol. The van der Waals surface area contributed by atoms with Crippen LogP contribution in [0.2, 0.25) is 0 Å². The summed E-state index contributed by atoms with van der Waals surface area (Å²) in [6, 6.07) is 3.24. The van der Waals surface area contributed by atoms with Crippen molar-refractivity contribution in [3.8, 4) is 0 Å². The van der Waals surface area contributed by atoms with Crippen LogP contribution in [0.3, 0.4) is 0 Å². The topological polar surface area (TPSA) is 127 Å². The zero-order chi connectivity index (χ0) is 22.4. The van der Waals surface area contributed by atoms with Crippen LogP contribution in [0.1, 0.15) is 64.7 Å². The zero-order valence-electron chi connectivity index (χ0n) is 17.4.